The summed E-state index contributed by atoms with van der Waals surface area (Å²) in [6, 6.07) is 18.6. The van der Waals surface area contributed by atoms with E-state index in [1.165, 1.54) is 11.1 Å². The summed E-state index contributed by atoms with van der Waals surface area (Å²) in [4.78, 5) is 14.3. The molecule has 1 unspecified atom stereocenters. The minimum absolute atomic E-state index is 0.212. The third kappa shape index (κ3) is 2.32. The van der Waals surface area contributed by atoms with Gasteiger partial charge in [0.25, 0.3) is 0 Å². The van der Waals surface area contributed by atoms with Crippen molar-refractivity contribution in [3.05, 3.63) is 71.3 Å². The van der Waals surface area contributed by atoms with Gasteiger partial charge in [-0.15, -0.1) is 0 Å². The summed E-state index contributed by atoms with van der Waals surface area (Å²) < 4.78 is 0. The first-order chi connectivity index (χ1) is 9.25. The smallest absolute Gasteiger partial charge is 0.165 e. The zero-order valence-electron chi connectivity index (χ0n) is 11.0. The highest BCUT2D eigenvalue weighted by molar-refractivity contribution is 6.01. The van der Waals surface area contributed by atoms with Crippen LogP contribution in [0.3, 0.4) is 0 Å². The van der Waals surface area contributed by atoms with Crippen LogP contribution in [-0.4, -0.2) is 17.7 Å². The van der Waals surface area contributed by atoms with Crippen molar-refractivity contribution in [2.75, 3.05) is 7.05 Å². The average molecular weight is 251 g/mol. The van der Waals surface area contributed by atoms with Crippen LogP contribution in [0, 0.1) is 0 Å². The van der Waals surface area contributed by atoms with Gasteiger partial charge in [0.1, 0.15) is 0 Å². The number of carbonyl (C=O) groups is 1. The third-order valence-electron chi connectivity index (χ3n) is 3.81. The Labute approximate surface area is 113 Å². The number of hydrogen-bond acceptors (Lipinski definition) is 2. The van der Waals surface area contributed by atoms with E-state index in [0.29, 0.717) is 6.42 Å². The molecule has 0 heterocycles. The van der Waals surface area contributed by atoms with Crippen molar-refractivity contribution in [2.45, 2.75) is 19.0 Å². The molecule has 0 saturated heterocycles. The van der Waals surface area contributed by atoms with Gasteiger partial charge in [-0.2, -0.15) is 0 Å². The predicted octanol–water partition coefficient (Wildman–Crippen LogP) is 3.45. The fourth-order valence-electron chi connectivity index (χ4n) is 2.81. The molecule has 0 fully saturated rings. The number of Topliss-reactive ketones (excluding diaryl/α,β-unsaturated/α-hetero) is 1. The van der Waals surface area contributed by atoms with Crippen molar-refractivity contribution in [1.82, 2.24) is 4.90 Å². The van der Waals surface area contributed by atoms with E-state index in [1.54, 1.807) is 0 Å². The van der Waals surface area contributed by atoms with Gasteiger partial charge in [-0.05, 0) is 18.2 Å². The van der Waals surface area contributed by atoms with Crippen LogP contribution in [0.2, 0.25) is 0 Å². The van der Waals surface area contributed by atoms with Crippen LogP contribution in [0.5, 0.6) is 0 Å². The zero-order chi connectivity index (χ0) is 13.2. The molecular formula is C17H17NO. The van der Waals surface area contributed by atoms with Gasteiger partial charge in [0, 0.05) is 24.6 Å². The molecule has 2 nitrogen and oxygen atoms in total. The number of nitrogens with zero attached hydrogens (tertiary/aromatic N) is 1. The summed E-state index contributed by atoms with van der Waals surface area (Å²) in [7, 11) is 2.09. The molecule has 0 aromatic heterocycles. The number of rotatable bonds is 3. The van der Waals surface area contributed by atoms with Gasteiger partial charge in [0.2, 0.25) is 0 Å². The first kappa shape index (κ1) is 12.1. The van der Waals surface area contributed by atoms with Crippen molar-refractivity contribution in [3.63, 3.8) is 0 Å². The highest BCUT2D eigenvalue weighted by atomic mass is 16.1. The van der Waals surface area contributed by atoms with Gasteiger partial charge in [-0.25, -0.2) is 0 Å². The Kier molecular flexibility index (Phi) is 3.18. The monoisotopic (exact) mass is 251 g/mol. The summed E-state index contributed by atoms with van der Waals surface area (Å²) in [5, 5.41) is 0. The molecule has 0 radical (unpaired) electrons. The van der Waals surface area contributed by atoms with E-state index in [9.17, 15) is 4.79 Å². The molecule has 0 bridgehead atoms. The second kappa shape index (κ2) is 4.98. The minimum atomic E-state index is 0.212. The second-order valence-electron chi connectivity index (χ2n) is 5.13. The van der Waals surface area contributed by atoms with E-state index in [0.717, 1.165) is 12.1 Å². The quantitative estimate of drug-likeness (QED) is 0.832. The lowest BCUT2D eigenvalue weighted by Crippen LogP contribution is -2.22. The summed E-state index contributed by atoms with van der Waals surface area (Å²) in [5.41, 5.74) is 3.35. The lowest BCUT2D eigenvalue weighted by Gasteiger charge is -2.24. The Morgan fingerprint density at radius 3 is 2.53 bits per heavy atom. The van der Waals surface area contributed by atoms with E-state index in [1.807, 2.05) is 24.3 Å². The normalized spacial score (nSPS) is 17.8. The number of hydrogen-bond donors (Lipinski definition) is 0. The highest BCUT2D eigenvalue weighted by Gasteiger charge is 2.31. The van der Waals surface area contributed by atoms with Gasteiger partial charge < -0.3 is 0 Å². The van der Waals surface area contributed by atoms with Gasteiger partial charge in [-0.3, -0.25) is 9.69 Å². The Hall–Kier alpha value is -1.93. The van der Waals surface area contributed by atoms with Crippen molar-refractivity contribution in [2.24, 2.45) is 0 Å². The Balaban J connectivity index is 1.82. The summed E-state index contributed by atoms with van der Waals surface area (Å²) in [6.45, 7) is 0.868. The van der Waals surface area contributed by atoms with Gasteiger partial charge in [0.15, 0.2) is 5.78 Å². The zero-order valence-corrected chi connectivity index (χ0v) is 11.0. The Bertz CT molecular complexity index is 591. The number of fused-ring (bicyclic) bond motifs is 1. The van der Waals surface area contributed by atoms with Crippen molar-refractivity contribution in [3.8, 4) is 0 Å². The maximum atomic E-state index is 12.0. The number of benzene rings is 2. The SMILES string of the molecule is CN(Cc1ccccc1)C1CC(=O)c2ccccc21. The van der Waals surface area contributed by atoms with E-state index in [-0.39, 0.29) is 11.8 Å². The summed E-state index contributed by atoms with van der Waals surface area (Å²) in [6.07, 6.45) is 0.600. The van der Waals surface area contributed by atoms with E-state index < -0.39 is 0 Å². The number of ketones is 1. The average Bonchev–Trinajstić information content (AvgIpc) is 2.78. The standard InChI is InChI=1S/C17H17NO/c1-18(12-13-7-3-2-4-8-13)16-11-17(19)15-10-6-5-9-14(15)16/h2-10,16H,11-12H2,1H3. The van der Waals surface area contributed by atoms with Crippen molar-refractivity contribution >= 4 is 5.78 Å². The van der Waals surface area contributed by atoms with Crippen LogP contribution in [0.4, 0.5) is 0 Å². The topological polar surface area (TPSA) is 20.3 Å². The molecule has 0 saturated carbocycles. The summed E-state index contributed by atoms with van der Waals surface area (Å²) >= 11 is 0. The number of carbonyl (C=O) groups excluding carboxylic acids is 1. The summed E-state index contributed by atoms with van der Waals surface area (Å²) in [5.74, 6) is 0.264. The van der Waals surface area contributed by atoms with Crippen LogP contribution in [0.25, 0.3) is 0 Å². The van der Waals surface area contributed by atoms with Crippen molar-refractivity contribution < 1.29 is 4.79 Å². The Morgan fingerprint density at radius 1 is 1.05 bits per heavy atom. The van der Waals surface area contributed by atoms with E-state index >= 15 is 0 Å². The lowest BCUT2D eigenvalue weighted by molar-refractivity contribution is 0.0961. The van der Waals surface area contributed by atoms with Crippen LogP contribution in [0.15, 0.2) is 54.6 Å². The van der Waals surface area contributed by atoms with Gasteiger partial charge in [0.05, 0.1) is 0 Å². The van der Waals surface area contributed by atoms with E-state index in [2.05, 4.69) is 42.3 Å². The molecule has 96 valence electrons. The second-order valence-corrected chi connectivity index (χ2v) is 5.13. The minimum Gasteiger partial charge on any atom is -0.295 e. The highest BCUT2D eigenvalue weighted by Crippen LogP contribution is 2.35. The molecule has 3 rings (SSSR count). The molecule has 0 N–H and O–H groups in total. The molecule has 2 aromatic carbocycles. The largest absolute Gasteiger partial charge is 0.295 e. The fraction of sp³-hybridized carbons (Fsp3) is 0.235. The molecule has 0 spiro atoms. The molecule has 0 amide bonds. The molecule has 2 aromatic rings. The van der Waals surface area contributed by atoms with Crippen LogP contribution >= 0.6 is 0 Å². The fourth-order valence-corrected chi connectivity index (χ4v) is 2.81. The molecule has 1 atom stereocenters. The first-order valence-corrected chi connectivity index (χ1v) is 6.62. The lowest BCUT2D eigenvalue weighted by atomic mass is 10.1. The molecule has 2 heteroatoms. The van der Waals surface area contributed by atoms with Crippen LogP contribution in [0.1, 0.15) is 33.9 Å². The van der Waals surface area contributed by atoms with E-state index in [4.69, 9.17) is 0 Å². The van der Waals surface area contributed by atoms with Gasteiger partial charge in [-0.1, -0.05) is 54.6 Å². The maximum Gasteiger partial charge on any atom is 0.165 e. The Morgan fingerprint density at radius 2 is 1.74 bits per heavy atom. The first-order valence-electron chi connectivity index (χ1n) is 6.62. The molecular weight excluding hydrogens is 234 g/mol. The van der Waals surface area contributed by atoms with Crippen LogP contribution < -0.4 is 0 Å². The molecule has 19 heavy (non-hydrogen) atoms. The molecule has 1 aliphatic rings. The molecule has 1 aliphatic carbocycles. The predicted molar refractivity (Wildman–Crippen MR) is 76.0 cm³/mol. The maximum absolute atomic E-state index is 12.0. The van der Waals surface area contributed by atoms with Crippen LogP contribution in [-0.2, 0) is 6.54 Å². The van der Waals surface area contributed by atoms with Gasteiger partial charge >= 0.3 is 0 Å². The third-order valence-corrected chi connectivity index (χ3v) is 3.81. The van der Waals surface area contributed by atoms with Crippen molar-refractivity contribution in [1.29, 1.82) is 0 Å². The molecule has 0 aliphatic heterocycles.